The number of hydrogen-bond acceptors (Lipinski definition) is 0. The van der Waals surface area contributed by atoms with Crippen molar-refractivity contribution in [3.63, 3.8) is 0 Å². The highest BCUT2D eigenvalue weighted by atomic mass is 14.0. The first-order valence-corrected chi connectivity index (χ1v) is 7.61. The van der Waals surface area contributed by atoms with E-state index in [2.05, 4.69) is 74.5 Å². The first kappa shape index (κ1) is 14.6. The van der Waals surface area contributed by atoms with Gasteiger partial charge in [-0.15, -0.1) is 0 Å². The number of benzene rings is 2. The van der Waals surface area contributed by atoms with Crippen molar-refractivity contribution in [2.24, 2.45) is 0 Å². The fraction of sp³-hybridized carbons (Fsp3) is 0.300. The normalized spacial score (nSPS) is 11.1. The van der Waals surface area contributed by atoms with Crippen LogP contribution in [0, 0.1) is 0 Å². The molecule has 0 saturated heterocycles. The lowest BCUT2D eigenvalue weighted by molar-refractivity contribution is 0.914. The molecular formula is C20H24. The predicted molar refractivity (Wildman–Crippen MR) is 89.0 cm³/mol. The molecule has 2 aromatic carbocycles. The zero-order valence-electron chi connectivity index (χ0n) is 12.6. The smallest absolute Gasteiger partial charge is 0.0238 e. The predicted octanol–water partition coefficient (Wildman–Crippen LogP) is 5.46. The minimum atomic E-state index is 1.11. The monoisotopic (exact) mass is 264 g/mol. The van der Waals surface area contributed by atoms with Gasteiger partial charge in [0, 0.05) is 0 Å². The van der Waals surface area contributed by atoms with Gasteiger partial charge in [-0.3, -0.25) is 0 Å². The highest BCUT2D eigenvalue weighted by molar-refractivity contribution is 5.49. The van der Waals surface area contributed by atoms with E-state index in [0.29, 0.717) is 0 Å². The van der Waals surface area contributed by atoms with Crippen LogP contribution in [0.3, 0.4) is 0 Å². The Labute approximate surface area is 123 Å². The third-order valence-electron chi connectivity index (χ3n) is 3.57. The SMILES string of the molecule is C/C=C/c1cccc(CCc2ccc(CCC)cc2)c1. The van der Waals surface area contributed by atoms with E-state index in [1.165, 1.54) is 35.1 Å². The Morgan fingerprint density at radius 1 is 0.800 bits per heavy atom. The molecule has 0 unspecified atom stereocenters. The van der Waals surface area contributed by atoms with E-state index in [4.69, 9.17) is 0 Å². The molecule has 20 heavy (non-hydrogen) atoms. The van der Waals surface area contributed by atoms with Crippen LogP contribution in [-0.2, 0) is 19.3 Å². The van der Waals surface area contributed by atoms with E-state index in [1.807, 2.05) is 0 Å². The van der Waals surface area contributed by atoms with E-state index >= 15 is 0 Å². The third-order valence-corrected chi connectivity index (χ3v) is 3.57. The average Bonchev–Trinajstić information content (AvgIpc) is 2.48. The van der Waals surface area contributed by atoms with Crippen LogP contribution in [0.25, 0.3) is 6.08 Å². The zero-order chi connectivity index (χ0) is 14.2. The fourth-order valence-electron chi connectivity index (χ4n) is 2.49. The Balaban J connectivity index is 1.96. The summed E-state index contributed by atoms with van der Waals surface area (Å²) in [6, 6.07) is 17.9. The van der Waals surface area contributed by atoms with Gasteiger partial charge in [0.25, 0.3) is 0 Å². The lowest BCUT2D eigenvalue weighted by Crippen LogP contribution is -1.92. The fourth-order valence-corrected chi connectivity index (χ4v) is 2.49. The molecule has 0 radical (unpaired) electrons. The van der Waals surface area contributed by atoms with Gasteiger partial charge in [-0.1, -0.05) is 74.0 Å². The standard InChI is InChI=1S/C20H24/c1-3-6-17-10-12-18(13-11-17)14-15-20-9-5-8-19(16-20)7-4-2/h4-5,7-13,16H,3,6,14-15H2,1-2H3/b7-4+. The molecule has 0 amide bonds. The van der Waals surface area contributed by atoms with E-state index in [1.54, 1.807) is 0 Å². The molecule has 0 aliphatic rings. The maximum atomic E-state index is 2.28. The van der Waals surface area contributed by atoms with Gasteiger partial charge in [0.1, 0.15) is 0 Å². The molecule has 0 spiro atoms. The summed E-state index contributed by atoms with van der Waals surface area (Å²) in [7, 11) is 0. The summed E-state index contributed by atoms with van der Waals surface area (Å²) < 4.78 is 0. The molecule has 0 aromatic heterocycles. The van der Waals surface area contributed by atoms with Crippen LogP contribution < -0.4 is 0 Å². The number of aryl methyl sites for hydroxylation is 3. The van der Waals surface area contributed by atoms with Crippen LogP contribution in [0.4, 0.5) is 0 Å². The first-order valence-electron chi connectivity index (χ1n) is 7.61. The second-order valence-corrected chi connectivity index (χ2v) is 5.31. The van der Waals surface area contributed by atoms with Gasteiger partial charge < -0.3 is 0 Å². The van der Waals surface area contributed by atoms with E-state index in [9.17, 15) is 0 Å². The van der Waals surface area contributed by atoms with Crippen molar-refractivity contribution in [3.8, 4) is 0 Å². The second kappa shape index (κ2) is 7.69. The minimum absolute atomic E-state index is 1.11. The van der Waals surface area contributed by atoms with Crippen LogP contribution in [0.2, 0.25) is 0 Å². The summed E-state index contributed by atoms with van der Waals surface area (Å²) in [5, 5.41) is 0. The van der Waals surface area contributed by atoms with Crippen LogP contribution in [-0.4, -0.2) is 0 Å². The molecule has 0 aliphatic heterocycles. The van der Waals surface area contributed by atoms with Crippen LogP contribution in [0.5, 0.6) is 0 Å². The highest BCUT2D eigenvalue weighted by Crippen LogP contribution is 2.12. The van der Waals surface area contributed by atoms with Crippen molar-refractivity contribution in [2.75, 3.05) is 0 Å². The van der Waals surface area contributed by atoms with Crippen molar-refractivity contribution >= 4 is 6.08 Å². The van der Waals surface area contributed by atoms with Crippen LogP contribution in [0.1, 0.15) is 42.5 Å². The van der Waals surface area contributed by atoms with E-state index < -0.39 is 0 Å². The van der Waals surface area contributed by atoms with Crippen molar-refractivity contribution in [1.29, 1.82) is 0 Å². The van der Waals surface area contributed by atoms with Crippen molar-refractivity contribution in [3.05, 3.63) is 76.9 Å². The van der Waals surface area contributed by atoms with Crippen LogP contribution in [0.15, 0.2) is 54.6 Å². The van der Waals surface area contributed by atoms with Gasteiger partial charge in [0.15, 0.2) is 0 Å². The molecule has 0 heterocycles. The van der Waals surface area contributed by atoms with Crippen molar-refractivity contribution in [2.45, 2.75) is 39.5 Å². The summed E-state index contributed by atoms with van der Waals surface area (Å²) in [4.78, 5) is 0. The molecule has 104 valence electrons. The second-order valence-electron chi connectivity index (χ2n) is 5.31. The van der Waals surface area contributed by atoms with Gasteiger partial charge in [-0.2, -0.15) is 0 Å². The number of rotatable bonds is 6. The Bertz CT molecular complexity index is 547. The van der Waals surface area contributed by atoms with Crippen molar-refractivity contribution in [1.82, 2.24) is 0 Å². The van der Waals surface area contributed by atoms with Gasteiger partial charge in [-0.05, 0) is 48.4 Å². The lowest BCUT2D eigenvalue weighted by Gasteiger charge is -2.05. The molecule has 0 saturated carbocycles. The topological polar surface area (TPSA) is 0 Å². The molecule has 0 N–H and O–H groups in total. The lowest BCUT2D eigenvalue weighted by atomic mass is 10.0. The summed E-state index contributed by atoms with van der Waals surface area (Å²) in [5.41, 5.74) is 5.59. The molecular weight excluding hydrogens is 240 g/mol. The largest absolute Gasteiger partial charge is 0.0871 e. The van der Waals surface area contributed by atoms with E-state index in [0.717, 1.165) is 12.8 Å². The summed E-state index contributed by atoms with van der Waals surface area (Å²) in [6.07, 6.45) is 8.88. The number of hydrogen-bond donors (Lipinski definition) is 0. The summed E-state index contributed by atoms with van der Waals surface area (Å²) >= 11 is 0. The van der Waals surface area contributed by atoms with Crippen LogP contribution >= 0.6 is 0 Å². The van der Waals surface area contributed by atoms with E-state index in [-0.39, 0.29) is 0 Å². The summed E-state index contributed by atoms with van der Waals surface area (Å²) in [6.45, 7) is 4.29. The molecule has 0 atom stereocenters. The quantitative estimate of drug-likeness (QED) is 0.650. The Morgan fingerprint density at radius 3 is 2.10 bits per heavy atom. The maximum absolute atomic E-state index is 2.28. The molecule has 0 heteroatoms. The Kier molecular flexibility index (Phi) is 5.61. The molecule has 0 aliphatic carbocycles. The Hall–Kier alpha value is -1.82. The zero-order valence-corrected chi connectivity index (χ0v) is 12.6. The van der Waals surface area contributed by atoms with Crippen molar-refractivity contribution < 1.29 is 0 Å². The first-order chi connectivity index (χ1) is 9.81. The summed E-state index contributed by atoms with van der Waals surface area (Å²) in [5.74, 6) is 0. The minimum Gasteiger partial charge on any atom is -0.0871 e. The van der Waals surface area contributed by atoms with Gasteiger partial charge in [0.2, 0.25) is 0 Å². The van der Waals surface area contributed by atoms with Gasteiger partial charge >= 0.3 is 0 Å². The van der Waals surface area contributed by atoms with Gasteiger partial charge in [0.05, 0.1) is 0 Å². The number of allylic oxidation sites excluding steroid dienone is 1. The van der Waals surface area contributed by atoms with Gasteiger partial charge in [-0.25, -0.2) is 0 Å². The molecule has 0 nitrogen and oxygen atoms in total. The maximum Gasteiger partial charge on any atom is -0.0238 e. The average molecular weight is 264 g/mol. The molecule has 0 bridgehead atoms. The molecule has 0 fully saturated rings. The Morgan fingerprint density at radius 2 is 1.45 bits per heavy atom. The highest BCUT2D eigenvalue weighted by Gasteiger charge is 1.98. The third kappa shape index (κ3) is 4.38. The molecule has 2 rings (SSSR count). The molecule has 2 aromatic rings.